The van der Waals surface area contributed by atoms with E-state index in [1.54, 1.807) is 0 Å². The lowest BCUT2D eigenvalue weighted by Crippen LogP contribution is -2.41. The van der Waals surface area contributed by atoms with Crippen molar-refractivity contribution in [2.24, 2.45) is 0 Å². The van der Waals surface area contributed by atoms with E-state index in [9.17, 15) is 8.42 Å². The van der Waals surface area contributed by atoms with Gasteiger partial charge in [-0.3, -0.25) is 0 Å². The molecular weight excluding hydrogens is 268 g/mol. The maximum atomic E-state index is 11.9. The van der Waals surface area contributed by atoms with Gasteiger partial charge in [-0.25, -0.2) is 13.1 Å². The van der Waals surface area contributed by atoms with Crippen LogP contribution in [0.2, 0.25) is 0 Å². The van der Waals surface area contributed by atoms with Crippen LogP contribution in [0.3, 0.4) is 0 Å². The summed E-state index contributed by atoms with van der Waals surface area (Å²) in [5, 5.41) is 3.84. The van der Waals surface area contributed by atoms with Crippen molar-refractivity contribution >= 4 is 21.8 Å². The molecule has 0 aromatic heterocycles. The Labute approximate surface area is 116 Å². The lowest BCUT2D eigenvalue weighted by atomic mass is 9.96. The molecule has 2 N–H and O–H groups in total. The third-order valence-electron chi connectivity index (χ3n) is 3.33. The van der Waals surface area contributed by atoms with Crippen LogP contribution in [0.4, 0.5) is 0 Å². The van der Waals surface area contributed by atoms with Crippen LogP contribution in [0, 0.1) is 0 Å². The zero-order chi connectivity index (χ0) is 13.4. The standard InChI is InChI=1S/C12H26N2O2S2/c1-3-8-13-9-10-18(15,16)14-11-4-6-12(17-2)7-5-11/h11-14H,3-10H2,1-2H3. The Hall–Kier alpha value is 0.220. The highest BCUT2D eigenvalue weighted by atomic mass is 32.2. The minimum atomic E-state index is -3.11. The van der Waals surface area contributed by atoms with E-state index in [0.29, 0.717) is 6.54 Å². The first kappa shape index (κ1) is 16.3. The molecule has 0 saturated heterocycles. The molecule has 1 aliphatic rings. The molecule has 0 bridgehead atoms. The second-order valence-electron chi connectivity index (χ2n) is 4.90. The average molecular weight is 294 g/mol. The molecule has 0 spiro atoms. The fraction of sp³-hybridized carbons (Fsp3) is 1.00. The second-order valence-corrected chi connectivity index (χ2v) is 7.91. The summed E-state index contributed by atoms with van der Waals surface area (Å²) in [4.78, 5) is 0. The lowest BCUT2D eigenvalue weighted by molar-refractivity contribution is 0.419. The van der Waals surface area contributed by atoms with E-state index in [0.717, 1.165) is 43.9 Å². The van der Waals surface area contributed by atoms with Gasteiger partial charge in [-0.2, -0.15) is 11.8 Å². The molecule has 0 aromatic carbocycles. The van der Waals surface area contributed by atoms with Gasteiger partial charge in [0, 0.05) is 17.8 Å². The van der Waals surface area contributed by atoms with Crippen LogP contribution in [0.25, 0.3) is 0 Å². The van der Waals surface area contributed by atoms with E-state index in [-0.39, 0.29) is 11.8 Å². The van der Waals surface area contributed by atoms with Gasteiger partial charge in [-0.05, 0) is 44.9 Å². The summed E-state index contributed by atoms with van der Waals surface area (Å²) < 4.78 is 26.6. The zero-order valence-electron chi connectivity index (χ0n) is 11.4. The van der Waals surface area contributed by atoms with E-state index in [4.69, 9.17) is 0 Å². The van der Waals surface area contributed by atoms with Crippen molar-refractivity contribution in [2.75, 3.05) is 25.1 Å². The molecular formula is C12H26N2O2S2. The zero-order valence-corrected chi connectivity index (χ0v) is 13.1. The number of rotatable bonds is 8. The second kappa shape index (κ2) is 8.40. The van der Waals surface area contributed by atoms with Crippen LogP contribution in [-0.2, 0) is 10.0 Å². The molecule has 0 radical (unpaired) electrons. The summed E-state index contributed by atoms with van der Waals surface area (Å²) in [6.45, 7) is 3.50. The van der Waals surface area contributed by atoms with E-state index in [2.05, 4.69) is 23.2 Å². The molecule has 6 heteroatoms. The first-order chi connectivity index (χ1) is 8.57. The van der Waals surface area contributed by atoms with Crippen molar-refractivity contribution in [1.29, 1.82) is 0 Å². The summed E-state index contributed by atoms with van der Waals surface area (Å²) in [5.74, 6) is 0.190. The number of sulfonamides is 1. The van der Waals surface area contributed by atoms with Crippen LogP contribution in [0.15, 0.2) is 0 Å². The quantitative estimate of drug-likeness (QED) is 0.667. The summed E-state index contributed by atoms with van der Waals surface area (Å²) in [6, 6.07) is 0.157. The predicted molar refractivity (Wildman–Crippen MR) is 79.6 cm³/mol. The summed E-state index contributed by atoms with van der Waals surface area (Å²) in [5.41, 5.74) is 0. The van der Waals surface area contributed by atoms with Gasteiger partial charge in [-0.1, -0.05) is 6.92 Å². The van der Waals surface area contributed by atoms with Crippen LogP contribution >= 0.6 is 11.8 Å². The fourth-order valence-electron chi connectivity index (χ4n) is 2.24. The maximum absolute atomic E-state index is 11.9. The number of thioether (sulfide) groups is 1. The normalized spacial score (nSPS) is 25.2. The Bertz CT molecular complexity index is 312. The first-order valence-corrected chi connectivity index (χ1v) is 9.75. The molecule has 0 atom stereocenters. The van der Waals surface area contributed by atoms with Crippen molar-refractivity contribution in [1.82, 2.24) is 10.0 Å². The molecule has 0 amide bonds. The van der Waals surface area contributed by atoms with Gasteiger partial charge in [0.1, 0.15) is 0 Å². The van der Waals surface area contributed by atoms with Gasteiger partial charge in [0.05, 0.1) is 5.75 Å². The highest BCUT2D eigenvalue weighted by Crippen LogP contribution is 2.27. The minimum absolute atomic E-state index is 0.157. The van der Waals surface area contributed by atoms with Crippen LogP contribution in [0.5, 0.6) is 0 Å². The Balaban J connectivity index is 2.24. The molecule has 108 valence electrons. The molecule has 0 aromatic rings. The Morgan fingerprint density at radius 1 is 1.17 bits per heavy atom. The van der Waals surface area contributed by atoms with E-state index >= 15 is 0 Å². The van der Waals surface area contributed by atoms with Crippen molar-refractivity contribution < 1.29 is 8.42 Å². The summed E-state index contributed by atoms with van der Waals surface area (Å²) in [7, 11) is -3.11. The molecule has 18 heavy (non-hydrogen) atoms. The first-order valence-electron chi connectivity index (χ1n) is 6.81. The third-order valence-corrected chi connectivity index (χ3v) is 5.90. The Morgan fingerprint density at radius 3 is 2.39 bits per heavy atom. The number of hydrogen-bond acceptors (Lipinski definition) is 4. The molecule has 1 fully saturated rings. The highest BCUT2D eigenvalue weighted by Gasteiger charge is 2.23. The SMILES string of the molecule is CCCNCCS(=O)(=O)NC1CCC(SC)CC1. The fourth-order valence-corrected chi connectivity index (χ4v) is 4.26. The van der Waals surface area contributed by atoms with Gasteiger partial charge in [0.25, 0.3) is 0 Å². The molecule has 1 saturated carbocycles. The maximum Gasteiger partial charge on any atom is 0.213 e. The highest BCUT2D eigenvalue weighted by molar-refractivity contribution is 7.99. The summed E-state index contributed by atoms with van der Waals surface area (Å²) >= 11 is 1.90. The summed E-state index contributed by atoms with van der Waals surface area (Å²) in [6.07, 6.45) is 7.38. The Morgan fingerprint density at radius 2 is 1.83 bits per heavy atom. The van der Waals surface area contributed by atoms with Crippen LogP contribution in [-0.4, -0.2) is 44.8 Å². The van der Waals surface area contributed by atoms with E-state index in [1.807, 2.05) is 11.8 Å². The largest absolute Gasteiger partial charge is 0.316 e. The molecule has 1 aliphatic carbocycles. The minimum Gasteiger partial charge on any atom is -0.316 e. The van der Waals surface area contributed by atoms with E-state index < -0.39 is 10.0 Å². The predicted octanol–water partition coefficient (Wildman–Crippen LogP) is 1.58. The van der Waals surface area contributed by atoms with E-state index in [1.165, 1.54) is 0 Å². The molecule has 4 nitrogen and oxygen atoms in total. The Kier molecular flexibility index (Phi) is 7.60. The molecule has 0 unspecified atom stereocenters. The molecule has 0 aliphatic heterocycles. The third kappa shape index (κ3) is 6.41. The monoisotopic (exact) mass is 294 g/mol. The van der Waals surface area contributed by atoms with Crippen molar-refractivity contribution in [3.05, 3.63) is 0 Å². The topological polar surface area (TPSA) is 58.2 Å². The van der Waals surface area contributed by atoms with Crippen LogP contribution in [0.1, 0.15) is 39.0 Å². The smallest absolute Gasteiger partial charge is 0.213 e. The van der Waals surface area contributed by atoms with Crippen molar-refractivity contribution in [3.63, 3.8) is 0 Å². The van der Waals surface area contributed by atoms with Gasteiger partial charge in [0.2, 0.25) is 10.0 Å². The molecule has 0 heterocycles. The number of nitrogens with one attached hydrogen (secondary N) is 2. The molecule has 1 rings (SSSR count). The van der Waals surface area contributed by atoms with Gasteiger partial charge < -0.3 is 5.32 Å². The van der Waals surface area contributed by atoms with Gasteiger partial charge in [0.15, 0.2) is 0 Å². The lowest BCUT2D eigenvalue weighted by Gasteiger charge is -2.27. The van der Waals surface area contributed by atoms with Crippen molar-refractivity contribution in [2.45, 2.75) is 50.3 Å². The van der Waals surface area contributed by atoms with Gasteiger partial charge >= 0.3 is 0 Å². The van der Waals surface area contributed by atoms with Crippen molar-refractivity contribution in [3.8, 4) is 0 Å². The van der Waals surface area contributed by atoms with Gasteiger partial charge in [-0.15, -0.1) is 0 Å². The average Bonchev–Trinajstić information content (AvgIpc) is 2.35. The number of hydrogen-bond donors (Lipinski definition) is 2. The van der Waals surface area contributed by atoms with Crippen LogP contribution < -0.4 is 10.0 Å².